The summed E-state index contributed by atoms with van der Waals surface area (Å²) in [4.78, 5) is 22.9. The molecule has 2 heterocycles. The van der Waals surface area contributed by atoms with E-state index in [9.17, 15) is 4.79 Å². The van der Waals surface area contributed by atoms with Crippen LogP contribution in [0, 0.1) is 6.92 Å². The molecular formula is C28H27N3O. The van der Waals surface area contributed by atoms with Gasteiger partial charge in [0, 0.05) is 43.7 Å². The van der Waals surface area contributed by atoms with Crippen molar-refractivity contribution in [2.24, 2.45) is 0 Å². The molecule has 5 rings (SSSR count). The fraction of sp³-hybridized carbons (Fsp3) is 0.214. The maximum Gasteiger partial charge on any atom is 0.254 e. The summed E-state index contributed by atoms with van der Waals surface area (Å²) in [5.74, 6) is 0.0952. The lowest BCUT2D eigenvalue weighted by Gasteiger charge is -2.35. The van der Waals surface area contributed by atoms with E-state index in [1.54, 1.807) is 0 Å². The number of pyridine rings is 1. The molecule has 1 aliphatic heterocycles. The second-order valence-electron chi connectivity index (χ2n) is 8.44. The monoisotopic (exact) mass is 421 g/mol. The van der Waals surface area contributed by atoms with E-state index < -0.39 is 0 Å². The molecule has 4 aromatic rings. The summed E-state index contributed by atoms with van der Waals surface area (Å²) < 4.78 is 0. The third kappa shape index (κ3) is 4.14. The standard InChI is InChI=1S/C28H27N3O/c1-21-9-5-6-12-23(21)27-19-25(24-13-7-8-14-26(24)29-27)28(32)31-17-15-30(16-18-31)20-22-10-3-2-4-11-22/h2-14,19H,15-18,20H2,1H3. The van der Waals surface area contributed by atoms with Crippen LogP contribution >= 0.6 is 0 Å². The van der Waals surface area contributed by atoms with E-state index in [1.807, 2.05) is 53.4 Å². The van der Waals surface area contributed by atoms with Gasteiger partial charge in [0.25, 0.3) is 5.91 Å². The van der Waals surface area contributed by atoms with Crippen LogP contribution < -0.4 is 0 Å². The Balaban J connectivity index is 1.40. The van der Waals surface area contributed by atoms with Crippen molar-refractivity contribution in [3.8, 4) is 11.3 Å². The minimum atomic E-state index is 0.0952. The van der Waals surface area contributed by atoms with Gasteiger partial charge < -0.3 is 4.90 Å². The second-order valence-corrected chi connectivity index (χ2v) is 8.44. The predicted molar refractivity (Wildman–Crippen MR) is 130 cm³/mol. The largest absolute Gasteiger partial charge is 0.336 e. The van der Waals surface area contributed by atoms with E-state index in [2.05, 4.69) is 48.2 Å². The van der Waals surface area contributed by atoms with Gasteiger partial charge in [-0.15, -0.1) is 0 Å². The van der Waals surface area contributed by atoms with E-state index in [-0.39, 0.29) is 5.91 Å². The topological polar surface area (TPSA) is 36.4 Å². The minimum Gasteiger partial charge on any atom is -0.336 e. The number of benzene rings is 3. The molecule has 1 amide bonds. The molecule has 0 N–H and O–H groups in total. The van der Waals surface area contributed by atoms with Gasteiger partial charge in [-0.1, -0.05) is 72.8 Å². The Kier molecular flexibility index (Phi) is 5.70. The highest BCUT2D eigenvalue weighted by Gasteiger charge is 2.24. The van der Waals surface area contributed by atoms with Gasteiger partial charge in [-0.2, -0.15) is 0 Å². The molecule has 1 fully saturated rings. The summed E-state index contributed by atoms with van der Waals surface area (Å²) in [6.07, 6.45) is 0. The molecule has 1 saturated heterocycles. The Morgan fingerprint density at radius 2 is 1.53 bits per heavy atom. The number of piperazine rings is 1. The Morgan fingerprint density at radius 1 is 0.844 bits per heavy atom. The molecule has 0 aliphatic carbocycles. The maximum absolute atomic E-state index is 13.6. The normalized spacial score (nSPS) is 14.6. The molecule has 32 heavy (non-hydrogen) atoms. The number of hydrogen-bond donors (Lipinski definition) is 0. The average Bonchev–Trinajstić information content (AvgIpc) is 2.84. The Morgan fingerprint density at radius 3 is 2.31 bits per heavy atom. The van der Waals surface area contributed by atoms with Gasteiger partial charge in [0.15, 0.2) is 0 Å². The number of amides is 1. The summed E-state index contributed by atoms with van der Waals surface area (Å²) in [7, 11) is 0. The van der Waals surface area contributed by atoms with Crippen LogP contribution in [-0.4, -0.2) is 46.9 Å². The van der Waals surface area contributed by atoms with Gasteiger partial charge in [-0.25, -0.2) is 4.98 Å². The highest BCUT2D eigenvalue weighted by molar-refractivity contribution is 6.07. The van der Waals surface area contributed by atoms with Crippen LogP contribution in [0.1, 0.15) is 21.5 Å². The number of aryl methyl sites for hydroxylation is 1. The van der Waals surface area contributed by atoms with Crippen molar-refractivity contribution >= 4 is 16.8 Å². The molecule has 1 aromatic heterocycles. The number of carbonyl (C=O) groups excluding carboxylic acids is 1. The smallest absolute Gasteiger partial charge is 0.254 e. The highest BCUT2D eigenvalue weighted by Crippen LogP contribution is 2.28. The highest BCUT2D eigenvalue weighted by atomic mass is 16.2. The Hall–Kier alpha value is -3.50. The van der Waals surface area contributed by atoms with E-state index in [1.165, 1.54) is 5.56 Å². The van der Waals surface area contributed by atoms with Crippen molar-refractivity contribution in [1.29, 1.82) is 0 Å². The number of carbonyl (C=O) groups is 1. The lowest BCUT2D eigenvalue weighted by molar-refractivity contribution is 0.0630. The fourth-order valence-corrected chi connectivity index (χ4v) is 4.47. The number of hydrogen-bond acceptors (Lipinski definition) is 3. The lowest BCUT2D eigenvalue weighted by Crippen LogP contribution is -2.48. The zero-order valence-electron chi connectivity index (χ0n) is 18.4. The number of para-hydroxylation sites is 1. The number of fused-ring (bicyclic) bond motifs is 1. The molecule has 4 nitrogen and oxygen atoms in total. The molecular weight excluding hydrogens is 394 g/mol. The van der Waals surface area contributed by atoms with Crippen molar-refractivity contribution in [2.75, 3.05) is 26.2 Å². The second kappa shape index (κ2) is 8.93. The summed E-state index contributed by atoms with van der Waals surface area (Å²) in [6, 6.07) is 28.7. The van der Waals surface area contributed by atoms with E-state index in [4.69, 9.17) is 4.98 Å². The maximum atomic E-state index is 13.6. The van der Waals surface area contributed by atoms with Crippen LogP contribution in [-0.2, 0) is 6.54 Å². The van der Waals surface area contributed by atoms with Crippen molar-refractivity contribution in [3.05, 3.63) is 102 Å². The first-order chi connectivity index (χ1) is 15.7. The number of rotatable bonds is 4. The van der Waals surface area contributed by atoms with E-state index in [0.717, 1.165) is 66.0 Å². The molecule has 1 aliphatic rings. The summed E-state index contributed by atoms with van der Waals surface area (Å²) in [5, 5.41) is 0.918. The zero-order valence-corrected chi connectivity index (χ0v) is 18.4. The third-order valence-electron chi connectivity index (χ3n) is 6.28. The molecule has 0 atom stereocenters. The van der Waals surface area contributed by atoms with Crippen LogP contribution in [0.5, 0.6) is 0 Å². The molecule has 0 unspecified atom stereocenters. The van der Waals surface area contributed by atoms with Crippen LogP contribution in [0.25, 0.3) is 22.2 Å². The van der Waals surface area contributed by atoms with E-state index >= 15 is 0 Å². The first-order valence-electron chi connectivity index (χ1n) is 11.2. The van der Waals surface area contributed by atoms with Gasteiger partial charge >= 0.3 is 0 Å². The minimum absolute atomic E-state index is 0.0952. The first kappa shape index (κ1) is 20.4. The fourth-order valence-electron chi connectivity index (χ4n) is 4.47. The summed E-state index contributed by atoms with van der Waals surface area (Å²) in [6.45, 7) is 6.25. The predicted octanol–water partition coefficient (Wildman–Crippen LogP) is 5.17. The quantitative estimate of drug-likeness (QED) is 0.456. The lowest BCUT2D eigenvalue weighted by atomic mass is 10.00. The molecule has 0 bridgehead atoms. The number of nitrogens with zero attached hydrogens (tertiary/aromatic N) is 3. The molecule has 3 aromatic carbocycles. The van der Waals surface area contributed by atoms with Gasteiger partial charge in [-0.05, 0) is 30.2 Å². The molecule has 160 valence electrons. The Bertz CT molecular complexity index is 1240. The first-order valence-corrected chi connectivity index (χ1v) is 11.2. The van der Waals surface area contributed by atoms with Gasteiger partial charge in [0.2, 0.25) is 0 Å². The van der Waals surface area contributed by atoms with Gasteiger partial charge in [0.1, 0.15) is 0 Å². The summed E-state index contributed by atoms with van der Waals surface area (Å²) >= 11 is 0. The van der Waals surface area contributed by atoms with Crippen molar-refractivity contribution < 1.29 is 4.79 Å². The van der Waals surface area contributed by atoms with Crippen molar-refractivity contribution in [3.63, 3.8) is 0 Å². The van der Waals surface area contributed by atoms with Crippen LogP contribution in [0.15, 0.2) is 84.9 Å². The molecule has 0 spiro atoms. The zero-order chi connectivity index (χ0) is 21.9. The van der Waals surface area contributed by atoms with Crippen LogP contribution in [0.3, 0.4) is 0 Å². The third-order valence-corrected chi connectivity index (χ3v) is 6.28. The van der Waals surface area contributed by atoms with Gasteiger partial charge in [0.05, 0.1) is 16.8 Å². The van der Waals surface area contributed by atoms with Crippen molar-refractivity contribution in [2.45, 2.75) is 13.5 Å². The number of aromatic nitrogens is 1. The van der Waals surface area contributed by atoms with Gasteiger partial charge in [-0.3, -0.25) is 9.69 Å². The van der Waals surface area contributed by atoms with Crippen molar-refractivity contribution in [1.82, 2.24) is 14.8 Å². The SMILES string of the molecule is Cc1ccccc1-c1cc(C(=O)N2CCN(Cc3ccccc3)CC2)c2ccccc2n1. The molecule has 4 heteroatoms. The Labute approximate surface area is 189 Å². The van der Waals surface area contributed by atoms with E-state index in [0.29, 0.717) is 0 Å². The average molecular weight is 422 g/mol. The van der Waals surface area contributed by atoms with Crippen LogP contribution in [0.2, 0.25) is 0 Å². The van der Waals surface area contributed by atoms with Crippen LogP contribution in [0.4, 0.5) is 0 Å². The molecule has 0 saturated carbocycles. The molecule has 0 radical (unpaired) electrons. The summed E-state index contributed by atoms with van der Waals surface area (Å²) in [5.41, 5.74) is 6.00.